The summed E-state index contributed by atoms with van der Waals surface area (Å²) in [5.74, 6) is 3.78. The summed E-state index contributed by atoms with van der Waals surface area (Å²) < 4.78 is 0. The molecule has 16 heavy (non-hydrogen) atoms. The zero-order valence-corrected chi connectivity index (χ0v) is 11.1. The van der Waals surface area contributed by atoms with Crippen molar-refractivity contribution in [2.75, 3.05) is 24.6 Å². The summed E-state index contributed by atoms with van der Waals surface area (Å²) in [5, 5.41) is 3.79. The van der Waals surface area contributed by atoms with Crippen LogP contribution in [0.4, 0.5) is 0 Å². The SMILES string of the molecule is CCC1CNC(C2CC2)CN1C1CCSC1. The normalized spacial score (nSPS) is 41.4. The summed E-state index contributed by atoms with van der Waals surface area (Å²) in [6.07, 6.45) is 5.69. The molecule has 0 aromatic heterocycles. The number of hydrogen-bond donors (Lipinski definition) is 1. The fraction of sp³-hybridized carbons (Fsp3) is 1.00. The van der Waals surface area contributed by atoms with E-state index < -0.39 is 0 Å². The van der Waals surface area contributed by atoms with E-state index in [9.17, 15) is 0 Å². The fourth-order valence-electron chi connectivity index (χ4n) is 3.27. The first kappa shape index (κ1) is 11.4. The second-order valence-electron chi connectivity index (χ2n) is 5.63. The van der Waals surface area contributed by atoms with Gasteiger partial charge < -0.3 is 5.32 Å². The Bertz CT molecular complexity index is 234. The van der Waals surface area contributed by atoms with E-state index >= 15 is 0 Å². The molecule has 3 rings (SSSR count). The summed E-state index contributed by atoms with van der Waals surface area (Å²) >= 11 is 2.15. The summed E-state index contributed by atoms with van der Waals surface area (Å²) in [4.78, 5) is 2.85. The Kier molecular flexibility index (Phi) is 3.46. The maximum absolute atomic E-state index is 3.79. The second-order valence-corrected chi connectivity index (χ2v) is 6.78. The number of piperazine rings is 1. The first-order valence-electron chi connectivity index (χ1n) is 6.95. The zero-order chi connectivity index (χ0) is 11.0. The molecule has 0 bridgehead atoms. The van der Waals surface area contributed by atoms with Gasteiger partial charge in [0, 0.05) is 37.0 Å². The van der Waals surface area contributed by atoms with Crippen LogP contribution in [0.5, 0.6) is 0 Å². The Labute approximate surface area is 104 Å². The van der Waals surface area contributed by atoms with Gasteiger partial charge in [0.15, 0.2) is 0 Å². The third kappa shape index (κ3) is 2.27. The van der Waals surface area contributed by atoms with Gasteiger partial charge in [-0.15, -0.1) is 0 Å². The molecule has 0 radical (unpaired) electrons. The molecule has 1 saturated carbocycles. The minimum Gasteiger partial charge on any atom is -0.311 e. The molecule has 1 N–H and O–H groups in total. The molecule has 0 aromatic carbocycles. The molecule has 3 heteroatoms. The highest BCUT2D eigenvalue weighted by Gasteiger charge is 2.39. The van der Waals surface area contributed by atoms with E-state index in [1.807, 2.05) is 0 Å². The molecule has 0 aromatic rings. The predicted molar refractivity (Wildman–Crippen MR) is 71.0 cm³/mol. The van der Waals surface area contributed by atoms with Gasteiger partial charge in [-0.05, 0) is 37.4 Å². The van der Waals surface area contributed by atoms with Gasteiger partial charge in [0.2, 0.25) is 0 Å². The maximum Gasteiger partial charge on any atom is 0.0224 e. The van der Waals surface area contributed by atoms with Crippen molar-refractivity contribution >= 4 is 11.8 Å². The largest absolute Gasteiger partial charge is 0.311 e. The topological polar surface area (TPSA) is 15.3 Å². The van der Waals surface area contributed by atoms with Gasteiger partial charge in [-0.3, -0.25) is 4.90 Å². The van der Waals surface area contributed by atoms with Crippen LogP contribution in [0, 0.1) is 5.92 Å². The number of nitrogens with one attached hydrogen (secondary N) is 1. The zero-order valence-electron chi connectivity index (χ0n) is 10.3. The lowest BCUT2D eigenvalue weighted by Gasteiger charge is -2.43. The van der Waals surface area contributed by atoms with Crippen molar-refractivity contribution in [3.63, 3.8) is 0 Å². The van der Waals surface area contributed by atoms with Crippen LogP contribution in [-0.2, 0) is 0 Å². The highest BCUT2D eigenvalue weighted by Crippen LogP contribution is 2.36. The highest BCUT2D eigenvalue weighted by molar-refractivity contribution is 7.99. The summed E-state index contributed by atoms with van der Waals surface area (Å²) in [7, 11) is 0. The van der Waals surface area contributed by atoms with Crippen LogP contribution in [0.3, 0.4) is 0 Å². The predicted octanol–water partition coefficient (Wildman–Crippen LogP) is 1.95. The van der Waals surface area contributed by atoms with Crippen LogP contribution in [-0.4, -0.2) is 47.6 Å². The number of hydrogen-bond acceptors (Lipinski definition) is 3. The molecule has 3 aliphatic rings. The Morgan fingerprint density at radius 1 is 1.31 bits per heavy atom. The minimum atomic E-state index is 0.804. The lowest BCUT2D eigenvalue weighted by Crippen LogP contribution is -2.60. The molecule has 0 amide bonds. The highest BCUT2D eigenvalue weighted by atomic mass is 32.2. The Morgan fingerprint density at radius 2 is 2.19 bits per heavy atom. The Hall–Kier alpha value is 0.270. The van der Waals surface area contributed by atoms with E-state index in [1.54, 1.807) is 0 Å². The molecular formula is C13H24N2S. The van der Waals surface area contributed by atoms with Gasteiger partial charge in [0.1, 0.15) is 0 Å². The van der Waals surface area contributed by atoms with Crippen molar-refractivity contribution in [2.45, 2.75) is 50.7 Å². The molecule has 2 heterocycles. The molecular weight excluding hydrogens is 216 g/mol. The van der Waals surface area contributed by atoms with Gasteiger partial charge in [-0.2, -0.15) is 11.8 Å². The van der Waals surface area contributed by atoms with E-state index in [0.29, 0.717) is 0 Å². The smallest absolute Gasteiger partial charge is 0.0224 e. The number of rotatable bonds is 3. The summed E-state index contributed by atoms with van der Waals surface area (Å²) in [6, 6.07) is 2.50. The summed E-state index contributed by atoms with van der Waals surface area (Å²) in [5.41, 5.74) is 0. The number of thioether (sulfide) groups is 1. The van der Waals surface area contributed by atoms with Crippen molar-refractivity contribution in [2.24, 2.45) is 5.92 Å². The van der Waals surface area contributed by atoms with Crippen molar-refractivity contribution in [1.29, 1.82) is 0 Å². The lowest BCUT2D eigenvalue weighted by molar-refractivity contribution is 0.0835. The van der Waals surface area contributed by atoms with Gasteiger partial charge in [0.25, 0.3) is 0 Å². The molecule has 2 aliphatic heterocycles. The molecule has 3 fully saturated rings. The first-order chi connectivity index (χ1) is 7.88. The van der Waals surface area contributed by atoms with Crippen LogP contribution in [0.15, 0.2) is 0 Å². The van der Waals surface area contributed by atoms with E-state index in [0.717, 1.165) is 24.0 Å². The lowest BCUT2D eigenvalue weighted by atomic mass is 10.0. The van der Waals surface area contributed by atoms with Crippen LogP contribution in [0.2, 0.25) is 0 Å². The van der Waals surface area contributed by atoms with E-state index in [2.05, 4.69) is 28.9 Å². The van der Waals surface area contributed by atoms with Gasteiger partial charge in [-0.25, -0.2) is 0 Å². The van der Waals surface area contributed by atoms with E-state index in [4.69, 9.17) is 0 Å². The maximum atomic E-state index is 3.79. The Balaban J connectivity index is 1.64. The quantitative estimate of drug-likeness (QED) is 0.812. The third-order valence-electron chi connectivity index (χ3n) is 4.53. The molecule has 2 nitrogen and oxygen atoms in total. The second kappa shape index (κ2) is 4.87. The molecule has 92 valence electrons. The molecule has 3 atom stereocenters. The molecule has 2 saturated heterocycles. The van der Waals surface area contributed by atoms with Gasteiger partial charge >= 0.3 is 0 Å². The van der Waals surface area contributed by atoms with Crippen molar-refractivity contribution < 1.29 is 0 Å². The van der Waals surface area contributed by atoms with Crippen LogP contribution >= 0.6 is 11.8 Å². The fourth-order valence-corrected chi connectivity index (χ4v) is 4.51. The average Bonchev–Trinajstić information content (AvgIpc) is 3.04. The van der Waals surface area contributed by atoms with Crippen LogP contribution < -0.4 is 5.32 Å². The van der Waals surface area contributed by atoms with E-state index in [1.165, 1.54) is 50.3 Å². The van der Waals surface area contributed by atoms with Crippen molar-refractivity contribution in [1.82, 2.24) is 10.2 Å². The van der Waals surface area contributed by atoms with E-state index in [-0.39, 0.29) is 0 Å². The standard InChI is InChI=1S/C13H24N2S/c1-2-11-7-14-13(10-3-4-10)8-15(11)12-5-6-16-9-12/h10-14H,2-9H2,1H3. The van der Waals surface area contributed by atoms with Crippen LogP contribution in [0.1, 0.15) is 32.6 Å². The molecule has 1 aliphatic carbocycles. The van der Waals surface area contributed by atoms with Gasteiger partial charge in [0.05, 0.1) is 0 Å². The first-order valence-corrected chi connectivity index (χ1v) is 8.11. The number of nitrogens with zero attached hydrogens (tertiary/aromatic N) is 1. The monoisotopic (exact) mass is 240 g/mol. The van der Waals surface area contributed by atoms with Crippen LogP contribution in [0.25, 0.3) is 0 Å². The minimum absolute atomic E-state index is 0.804. The molecule has 3 unspecified atom stereocenters. The van der Waals surface area contributed by atoms with Crippen molar-refractivity contribution in [3.8, 4) is 0 Å². The molecule has 0 spiro atoms. The van der Waals surface area contributed by atoms with Crippen molar-refractivity contribution in [3.05, 3.63) is 0 Å². The van der Waals surface area contributed by atoms with Gasteiger partial charge in [-0.1, -0.05) is 6.92 Å². The Morgan fingerprint density at radius 3 is 2.81 bits per heavy atom. The summed E-state index contributed by atoms with van der Waals surface area (Å²) in [6.45, 7) is 4.91. The average molecular weight is 240 g/mol. The third-order valence-corrected chi connectivity index (χ3v) is 5.67.